The highest BCUT2D eigenvalue weighted by Gasteiger charge is 2.20. The van der Waals surface area contributed by atoms with Crippen molar-refractivity contribution in [2.75, 3.05) is 6.61 Å². The van der Waals surface area contributed by atoms with Crippen LogP contribution >= 0.6 is 0 Å². The van der Waals surface area contributed by atoms with Crippen molar-refractivity contribution in [2.24, 2.45) is 0 Å². The van der Waals surface area contributed by atoms with Crippen LogP contribution in [0.2, 0.25) is 0 Å². The minimum Gasteiger partial charge on any atom is -0.479 e. The van der Waals surface area contributed by atoms with E-state index in [0.717, 1.165) is 24.8 Å². The molecule has 0 aromatic heterocycles. The number of unbranched alkanes of at least 4 members (excludes halogenated alkanes) is 2. The molecule has 1 aromatic carbocycles. The maximum absolute atomic E-state index is 11.4. The van der Waals surface area contributed by atoms with Crippen molar-refractivity contribution in [3.05, 3.63) is 35.9 Å². The van der Waals surface area contributed by atoms with Gasteiger partial charge in [0.15, 0.2) is 6.10 Å². The molecule has 23 heavy (non-hydrogen) atoms. The van der Waals surface area contributed by atoms with E-state index >= 15 is 0 Å². The third-order valence-electron chi connectivity index (χ3n) is 3.58. The molecule has 1 rings (SSSR count). The molecule has 0 fully saturated rings. The number of benzene rings is 1. The molecule has 0 saturated heterocycles. The summed E-state index contributed by atoms with van der Waals surface area (Å²) in [7, 11) is 0. The first kappa shape index (κ1) is 19.2. The monoisotopic (exact) mass is 321 g/mol. The van der Waals surface area contributed by atoms with Crippen LogP contribution in [0.1, 0.15) is 45.1 Å². The Labute approximate surface area is 138 Å². The van der Waals surface area contributed by atoms with Gasteiger partial charge in [0.2, 0.25) is 5.91 Å². The minimum absolute atomic E-state index is 0.146. The topological polar surface area (TPSA) is 75.6 Å². The molecule has 5 nitrogen and oxygen atoms in total. The summed E-state index contributed by atoms with van der Waals surface area (Å²) in [4.78, 5) is 22.6. The van der Waals surface area contributed by atoms with E-state index in [9.17, 15) is 14.7 Å². The fourth-order valence-corrected chi connectivity index (χ4v) is 2.43. The van der Waals surface area contributed by atoms with E-state index in [0.29, 0.717) is 12.8 Å². The Kier molecular flexibility index (Phi) is 8.98. The van der Waals surface area contributed by atoms with Crippen LogP contribution in [0.15, 0.2) is 30.3 Å². The highest BCUT2D eigenvalue weighted by Crippen LogP contribution is 2.10. The summed E-state index contributed by atoms with van der Waals surface area (Å²) in [6, 6.07) is 9.53. The van der Waals surface area contributed by atoms with Gasteiger partial charge in [0, 0.05) is 6.92 Å². The van der Waals surface area contributed by atoms with E-state index in [2.05, 4.69) is 12.2 Å². The molecule has 0 aliphatic carbocycles. The lowest BCUT2D eigenvalue weighted by Crippen LogP contribution is -2.40. The molecule has 2 N–H and O–H groups in total. The van der Waals surface area contributed by atoms with Crippen LogP contribution in [-0.2, 0) is 20.7 Å². The molecule has 0 spiro atoms. The minimum atomic E-state index is -0.942. The van der Waals surface area contributed by atoms with Gasteiger partial charge in [-0.25, -0.2) is 4.79 Å². The maximum Gasteiger partial charge on any atom is 0.332 e. The lowest BCUT2D eigenvalue weighted by Gasteiger charge is -2.21. The van der Waals surface area contributed by atoms with Crippen LogP contribution in [0.3, 0.4) is 0 Å². The second kappa shape index (κ2) is 10.8. The fraction of sp³-hybridized carbons (Fsp3) is 0.556. The molecule has 0 bridgehead atoms. The molecule has 128 valence electrons. The van der Waals surface area contributed by atoms with Gasteiger partial charge in [0.05, 0.1) is 12.6 Å². The fourth-order valence-electron chi connectivity index (χ4n) is 2.43. The van der Waals surface area contributed by atoms with E-state index in [1.807, 2.05) is 30.3 Å². The first-order chi connectivity index (χ1) is 11.0. The van der Waals surface area contributed by atoms with Gasteiger partial charge in [-0.15, -0.1) is 0 Å². The Morgan fingerprint density at radius 3 is 2.48 bits per heavy atom. The molecule has 0 saturated carbocycles. The highest BCUT2D eigenvalue weighted by molar-refractivity contribution is 5.73. The lowest BCUT2D eigenvalue weighted by molar-refractivity contribution is -0.151. The van der Waals surface area contributed by atoms with Crippen LogP contribution in [0.25, 0.3) is 0 Å². The number of rotatable bonds is 11. The second-order valence-corrected chi connectivity index (χ2v) is 5.74. The molecule has 0 aliphatic heterocycles. The predicted molar refractivity (Wildman–Crippen MR) is 89.3 cm³/mol. The van der Waals surface area contributed by atoms with E-state index < -0.39 is 12.1 Å². The average Bonchev–Trinajstić information content (AvgIpc) is 2.50. The predicted octanol–water partition coefficient (Wildman–Crippen LogP) is 2.78. The van der Waals surface area contributed by atoms with Crippen molar-refractivity contribution in [2.45, 2.75) is 58.1 Å². The first-order valence-electron chi connectivity index (χ1n) is 8.18. The summed E-state index contributed by atoms with van der Waals surface area (Å²) in [5, 5.41) is 12.1. The zero-order chi connectivity index (χ0) is 17.1. The van der Waals surface area contributed by atoms with Crippen molar-refractivity contribution in [3.63, 3.8) is 0 Å². The number of nitrogens with one attached hydrogen (secondary N) is 1. The van der Waals surface area contributed by atoms with Crippen molar-refractivity contribution < 1.29 is 19.4 Å². The first-order valence-corrected chi connectivity index (χ1v) is 8.18. The van der Waals surface area contributed by atoms with Crippen LogP contribution in [-0.4, -0.2) is 35.7 Å². The van der Waals surface area contributed by atoms with Crippen LogP contribution in [0.4, 0.5) is 0 Å². The van der Waals surface area contributed by atoms with E-state index in [-0.39, 0.29) is 18.6 Å². The number of amides is 1. The largest absolute Gasteiger partial charge is 0.479 e. The molecule has 0 radical (unpaired) electrons. The molecule has 2 unspecified atom stereocenters. The van der Waals surface area contributed by atoms with Gasteiger partial charge in [-0.3, -0.25) is 4.79 Å². The number of carbonyl (C=O) groups is 2. The number of carboxylic acid groups (broad SMARTS) is 1. The van der Waals surface area contributed by atoms with Gasteiger partial charge in [-0.05, 0) is 18.4 Å². The summed E-state index contributed by atoms with van der Waals surface area (Å²) < 4.78 is 5.57. The third kappa shape index (κ3) is 8.35. The summed E-state index contributed by atoms with van der Waals surface area (Å²) in [6.07, 6.45) is 3.16. The molecule has 0 aliphatic rings. The van der Waals surface area contributed by atoms with Crippen molar-refractivity contribution >= 4 is 11.9 Å². The number of carboxylic acids is 1. The van der Waals surface area contributed by atoms with Crippen molar-refractivity contribution in [1.82, 2.24) is 5.32 Å². The van der Waals surface area contributed by atoms with Gasteiger partial charge < -0.3 is 15.2 Å². The second-order valence-electron chi connectivity index (χ2n) is 5.74. The van der Waals surface area contributed by atoms with Gasteiger partial charge >= 0.3 is 5.97 Å². The molecule has 0 heterocycles. The average molecular weight is 321 g/mol. The number of hydrogen-bond acceptors (Lipinski definition) is 3. The van der Waals surface area contributed by atoms with Crippen LogP contribution < -0.4 is 5.32 Å². The van der Waals surface area contributed by atoms with Gasteiger partial charge in [-0.1, -0.05) is 56.5 Å². The van der Waals surface area contributed by atoms with Gasteiger partial charge in [0.1, 0.15) is 0 Å². The van der Waals surface area contributed by atoms with E-state index in [1.165, 1.54) is 6.92 Å². The molecule has 1 amide bonds. The van der Waals surface area contributed by atoms with E-state index in [4.69, 9.17) is 4.74 Å². The summed E-state index contributed by atoms with van der Waals surface area (Å²) in [5.74, 6) is -1.09. The Morgan fingerprint density at radius 2 is 1.91 bits per heavy atom. The Morgan fingerprint density at radius 1 is 1.22 bits per heavy atom. The zero-order valence-corrected chi connectivity index (χ0v) is 14.0. The quantitative estimate of drug-likeness (QED) is 0.615. The molecule has 1 aromatic rings. The highest BCUT2D eigenvalue weighted by atomic mass is 16.5. The lowest BCUT2D eigenvalue weighted by atomic mass is 10.1. The summed E-state index contributed by atoms with van der Waals surface area (Å²) in [5.41, 5.74) is 1.08. The van der Waals surface area contributed by atoms with Crippen molar-refractivity contribution in [3.8, 4) is 0 Å². The standard InChI is InChI=1S/C18H27NO4/c1-3-4-6-11-17(18(21)22)23-13-16(19-14(2)20)12-15-9-7-5-8-10-15/h5,7-10,16-17H,3-4,6,11-13H2,1-2H3,(H,19,20)(H,21,22). The third-order valence-corrected chi connectivity index (χ3v) is 3.58. The smallest absolute Gasteiger partial charge is 0.332 e. The van der Waals surface area contributed by atoms with Crippen LogP contribution in [0, 0.1) is 0 Å². The number of aliphatic carboxylic acids is 1. The molecular weight excluding hydrogens is 294 g/mol. The van der Waals surface area contributed by atoms with Gasteiger partial charge in [-0.2, -0.15) is 0 Å². The van der Waals surface area contributed by atoms with Crippen molar-refractivity contribution in [1.29, 1.82) is 0 Å². The summed E-state index contributed by atoms with van der Waals surface area (Å²) in [6.45, 7) is 3.72. The Hall–Kier alpha value is -1.88. The van der Waals surface area contributed by atoms with Crippen LogP contribution in [0.5, 0.6) is 0 Å². The SMILES string of the molecule is CCCCCC(OCC(Cc1ccccc1)NC(C)=O)C(=O)O. The number of ether oxygens (including phenoxy) is 1. The number of hydrogen-bond donors (Lipinski definition) is 2. The zero-order valence-electron chi connectivity index (χ0n) is 14.0. The molecular formula is C18H27NO4. The maximum atomic E-state index is 11.4. The van der Waals surface area contributed by atoms with Gasteiger partial charge in [0.25, 0.3) is 0 Å². The normalized spacial score (nSPS) is 13.3. The Balaban J connectivity index is 2.57. The van der Waals surface area contributed by atoms with E-state index in [1.54, 1.807) is 0 Å². The number of carbonyl (C=O) groups excluding carboxylic acids is 1. The molecule has 5 heteroatoms. The summed E-state index contributed by atoms with van der Waals surface area (Å²) >= 11 is 0. The Bertz CT molecular complexity index is 475. The molecule has 2 atom stereocenters.